The quantitative estimate of drug-likeness (QED) is 0.695. The molecule has 31 heavy (non-hydrogen) atoms. The van der Waals surface area contributed by atoms with Crippen molar-refractivity contribution in [3.63, 3.8) is 0 Å². The molecule has 0 radical (unpaired) electrons. The fraction of sp³-hybridized carbons (Fsp3) is 0.318. The van der Waals surface area contributed by atoms with Crippen LogP contribution in [-0.2, 0) is 15.1 Å². The molecule has 2 aromatic rings. The van der Waals surface area contributed by atoms with Crippen molar-refractivity contribution in [1.82, 2.24) is 15.5 Å². The molecule has 9 heteroatoms. The summed E-state index contributed by atoms with van der Waals surface area (Å²) in [7, 11) is 0. The maximum Gasteiger partial charge on any atom is 0.322 e. The molecule has 2 N–H and O–H groups in total. The monoisotopic (exact) mass is 444 g/mol. The number of imide groups is 1. The Labute approximate surface area is 184 Å². The third-order valence-corrected chi connectivity index (χ3v) is 6.13. The molecule has 0 spiro atoms. The molecule has 1 unspecified atom stereocenters. The third kappa shape index (κ3) is 4.20. The summed E-state index contributed by atoms with van der Waals surface area (Å²) in [5, 5.41) is 5.06. The second kappa shape index (κ2) is 8.55. The van der Waals surface area contributed by atoms with Crippen LogP contribution in [0.3, 0.4) is 0 Å². The first-order valence-electron chi connectivity index (χ1n) is 10.1. The van der Waals surface area contributed by atoms with Crippen molar-refractivity contribution in [2.75, 3.05) is 31.1 Å². The van der Waals surface area contributed by atoms with Gasteiger partial charge in [-0.2, -0.15) is 0 Å². The number of hydrogen-bond acceptors (Lipinski definition) is 4. The van der Waals surface area contributed by atoms with Gasteiger partial charge in [-0.1, -0.05) is 41.9 Å². The summed E-state index contributed by atoms with van der Waals surface area (Å²) >= 11 is 5.75. The lowest BCUT2D eigenvalue weighted by Crippen LogP contribution is -2.50. The molecule has 0 aromatic heterocycles. The van der Waals surface area contributed by atoms with E-state index in [4.69, 9.17) is 11.6 Å². The highest BCUT2D eigenvalue weighted by Crippen LogP contribution is 2.30. The fourth-order valence-electron chi connectivity index (χ4n) is 4.09. The summed E-state index contributed by atoms with van der Waals surface area (Å²) in [6.45, 7) is 2.10. The van der Waals surface area contributed by atoms with Gasteiger partial charge in [-0.3, -0.25) is 14.9 Å². The summed E-state index contributed by atoms with van der Waals surface area (Å²) in [4.78, 5) is 41.0. The van der Waals surface area contributed by atoms with E-state index in [1.807, 2.05) is 11.0 Å². The number of piperazine rings is 1. The minimum atomic E-state index is -1.25. The molecule has 0 saturated carbocycles. The number of urea groups is 1. The highest BCUT2D eigenvalue weighted by Gasteiger charge is 2.47. The molecule has 2 fully saturated rings. The van der Waals surface area contributed by atoms with Gasteiger partial charge < -0.3 is 15.1 Å². The van der Waals surface area contributed by atoms with Crippen molar-refractivity contribution >= 4 is 35.1 Å². The normalized spacial score (nSPS) is 21.1. The molecule has 0 bridgehead atoms. The number of amides is 4. The fourth-order valence-corrected chi connectivity index (χ4v) is 4.20. The first-order chi connectivity index (χ1) is 14.9. The maximum atomic E-state index is 13.7. The van der Waals surface area contributed by atoms with E-state index in [1.165, 1.54) is 12.1 Å². The Morgan fingerprint density at radius 2 is 1.77 bits per heavy atom. The molecular formula is C22H22ClFN4O3. The molecule has 2 aromatic carbocycles. The Morgan fingerprint density at radius 1 is 1.06 bits per heavy atom. The molecule has 2 aliphatic rings. The number of hydrogen-bond donors (Lipinski definition) is 2. The standard InChI is InChI=1S/C22H22ClFN4O3/c23-17-7-6-16(14-18(17)24)27-10-12-28(13-11-27)19(29)8-9-22(15-4-2-1-3-5-15)20(30)25-21(31)26-22/h1-7,14H,8-13H2,(H2,25,26,30,31). The molecule has 2 heterocycles. The molecule has 4 amide bonds. The first kappa shape index (κ1) is 21.1. The number of rotatable bonds is 5. The Morgan fingerprint density at radius 3 is 2.39 bits per heavy atom. The number of nitrogens with zero attached hydrogens (tertiary/aromatic N) is 2. The van der Waals surface area contributed by atoms with Gasteiger partial charge in [0.1, 0.15) is 11.4 Å². The predicted molar refractivity (Wildman–Crippen MR) is 114 cm³/mol. The van der Waals surface area contributed by atoms with E-state index in [2.05, 4.69) is 10.6 Å². The summed E-state index contributed by atoms with van der Waals surface area (Å²) in [5.74, 6) is -1.02. The van der Waals surface area contributed by atoms with Gasteiger partial charge in [0.05, 0.1) is 5.02 Å². The van der Waals surface area contributed by atoms with Crippen LogP contribution in [-0.4, -0.2) is 48.9 Å². The van der Waals surface area contributed by atoms with Crippen LogP contribution in [0.4, 0.5) is 14.9 Å². The van der Waals surface area contributed by atoms with Gasteiger partial charge in [0, 0.05) is 38.3 Å². The number of carbonyl (C=O) groups excluding carboxylic acids is 3. The van der Waals surface area contributed by atoms with E-state index >= 15 is 0 Å². The molecular weight excluding hydrogens is 423 g/mol. The number of benzene rings is 2. The Hall–Kier alpha value is -3.13. The molecule has 162 valence electrons. The van der Waals surface area contributed by atoms with Gasteiger partial charge in [0.25, 0.3) is 5.91 Å². The van der Waals surface area contributed by atoms with Crippen LogP contribution in [0.2, 0.25) is 5.02 Å². The van der Waals surface area contributed by atoms with Crippen LogP contribution in [0.25, 0.3) is 0 Å². The van der Waals surface area contributed by atoms with Crippen molar-refractivity contribution < 1.29 is 18.8 Å². The molecule has 2 saturated heterocycles. The van der Waals surface area contributed by atoms with Crippen molar-refractivity contribution in [3.8, 4) is 0 Å². The van der Waals surface area contributed by atoms with Crippen molar-refractivity contribution in [2.45, 2.75) is 18.4 Å². The second-order valence-electron chi connectivity index (χ2n) is 7.65. The number of carbonyl (C=O) groups is 3. The zero-order valence-electron chi connectivity index (χ0n) is 16.7. The summed E-state index contributed by atoms with van der Waals surface area (Å²) in [6.07, 6.45) is 0.272. The highest BCUT2D eigenvalue weighted by atomic mass is 35.5. The SMILES string of the molecule is O=C1NC(=O)C(CCC(=O)N2CCN(c3ccc(Cl)c(F)c3)CC2)(c2ccccc2)N1. The Balaban J connectivity index is 1.39. The van der Waals surface area contributed by atoms with Gasteiger partial charge in [-0.15, -0.1) is 0 Å². The van der Waals surface area contributed by atoms with Crippen molar-refractivity contribution in [2.24, 2.45) is 0 Å². The van der Waals surface area contributed by atoms with Crippen molar-refractivity contribution in [1.29, 1.82) is 0 Å². The predicted octanol–water partition coefficient (Wildman–Crippen LogP) is 2.64. The second-order valence-corrected chi connectivity index (χ2v) is 8.05. The number of anilines is 1. The topological polar surface area (TPSA) is 81.8 Å². The van der Waals surface area contributed by atoms with Crippen LogP contribution in [0, 0.1) is 5.82 Å². The molecule has 7 nitrogen and oxygen atoms in total. The Kier molecular flexibility index (Phi) is 5.82. The largest absolute Gasteiger partial charge is 0.368 e. The Bertz CT molecular complexity index is 1010. The van der Waals surface area contributed by atoms with Crippen molar-refractivity contribution in [3.05, 3.63) is 64.9 Å². The summed E-state index contributed by atoms with van der Waals surface area (Å²) < 4.78 is 13.7. The lowest BCUT2D eigenvalue weighted by atomic mass is 9.85. The third-order valence-electron chi connectivity index (χ3n) is 5.82. The lowest BCUT2D eigenvalue weighted by Gasteiger charge is -2.36. The van der Waals surface area contributed by atoms with Crippen LogP contribution in [0.1, 0.15) is 18.4 Å². The molecule has 1 atom stereocenters. The van der Waals surface area contributed by atoms with Crippen LogP contribution < -0.4 is 15.5 Å². The minimum absolute atomic E-state index is 0.0768. The van der Waals surface area contributed by atoms with E-state index < -0.39 is 23.3 Å². The van der Waals surface area contributed by atoms with E-state index in [0.717, 1.165) is 5.69 Å². The zero-order chi connectivity index (χ0) is 22.0. The van der Waals surface area contributed by atoms with Gasteiger partial charge in [-0.05, 0) is 30.2 Å². The molecule has 4 rings (SSSR count). The number of nitrogens with one attached hydrogen (secondary N) is 2. The zero-order valence-corrected chi connectivity index (χ0v) is 17.5. The highest BCUT2D eigenvalue weighted by molar-refractivity contribution is 6.30. The maximum absolute atomic E-state index is 13.7. The number of halogens is 2. The van der Waals surface area contributed by atoms with Gasteiger partial charge >= 0.3 is 6.03 Å². The van der Waals surface area contributed by atoms with Gasteiger partial charge in [0.15, 0.2) is 0 Å². The minimum Gasteiger partial charge on any atom is -0.368 e. The van der Waals surface area contributed by atoms with E-state index in [1.54, 1.807) is 35.2 Å². The van der Waals surface area contributed by atoms with Crippen LogP contribution >= 0.6 is 11.6 Å². The average molecular weight is 445 g/mol. The molecule has 0 aliphatic carbocycles. The average Bonchev–Trinajstić information content (AvgIpc) is 3.08. The van der Waals surface area contributed by atoms with E-state index in [9.17, 15) is 18.8 Å². The van der Waals surface area contributed by atoms with Gasteiger partial charge in [0.2, 0.25) is 5.91 Å². The first-order valence-corrected chi connectivity index (χ1v) is 10.4. The van der Waals surface area contributed by atoms with Crippen LogP contribution in [0.15, 0.2) is 48.5 Å². The van der Waals surface area contributed by atoms with Crippen LogP contribution in [0.5, 0.6) is 0 Å². The van der Waals surface area contributed by atoms with Gasteiger partial charge in [-0.25, -0.2) is 9.18 Å². The van der Waals surface area contributed by atoms with E-state index in [-0.39, 0.29) is 23.8 Å². The smallest absolute Gasteiger partial charge is 0.322 e. The summed E-state index contributed by atoms with van der Waals surface area (Å²) in [5.41, 5.74) is 0.111. The lowest BCUT2D eigenvalue weighted by molar-refractivity contribution is -0.132. The summed E-state index contributed by atoms with van der Waals surface area (Å²) in [6, 6.07) is 13.0. The van der Waals surface area contributed by atoms with E-state index in [0.29, 0.717) is 31.7 Å². The molecule has 2 aliphatic heterocycles.